The van der Waals surface area contributed by atoms with Crippen LogP contribution in [0.4, 0.5) is 0 Å². The lowest BCUT2D eigenvalue weighted by Gasteiger charge is -2.07. The van der Waals surface area contributed by atoms with Gasteiger partial charge >= 0.3 is 0 Å². The zero-order chi connectivity index (χ0) is 18.6. The smallest absolute Gasteiger partial charge is 0.251 e. The van der Waals surface area contributed by atoms with Crippen molar-refractivity contribution in [3.63, 3.8) is 0 Å². The first-order valence-corrected chi connectivity index (χ1v) is 9.28. The number of carbonyl (C=O) groups is 1. The number of carbonyl (C=O) groups excluding carboxylic acids is 1. The monoisotopic (exact) mass is 379 g/mol. The normalized spacial score (nSPS) is 10.9. The van der Waals surface area contributed by atoms with E-state index in [9.17, 15) is 4.79 Å². The number of hydrogen-bond acceptors (Lipinski definition) is 6. The topological polar surface area (TPSA) is 81.4 Å². The molecule has 1 aromatic carbocycles. The minimum Gasteiger partial charge on any atom is -0.487 e. The molecule has 0 fully saturated rings. The molecule has 0 bridgehead atoms. The van der Waals surface area contributed by atoms with Gasteiger partial charge in [0.25, 0.3) is 5.91 Å². The summed E-state index contributed by atoms with van der Waals surface area (Å²) in [5.41, 5.74) is 2.21. The Morgan fingerprint density at radius 2 is 2.04 bits per heavy atom. The zero-order valence-corrected chi connectivity index (χ0v) is 15.4. The predicted octanol–water partition coefficient (Wildman–Crippen LogP) is 3.00. The fourth-order valence-electron chi connectivity index (χ4n) is 2.61. The highest BCUT2D eigenvalue weighted by molar-refractivity contribution is 7.09. The molecule has 0 aliphatic rings. The third kappa shape index (κ3) is 3.95. The van der Waals surface area contributed by atoms with Gasteiger partial charge in [0.1, 0.15) is 12.4 Å². The van der Waals surface area contributed by atoms with Crippen molar-refractivity contribution in [2.75, 3.05) is 0 Å². The second kappa shape index (κ2) is 7.55. The van der Waals surface area contributed by atoms with E-state index in [1.54, 1.807) is 35.6 Å². The molecular formula is C19H17N5O2S. The van der Waals surface area contributed by atoms with Crippen LogP contribution in [0.2, 0.25) is 0 Å². The van der Waals surface area contributed by atoms with Crippen LogP contribution in [0.5, 0.6) is 5.75 Å². The molecule has 0 atom stereocenters. The van der Waals surface area contributed by atoms with Crippen molar-refractivity contribution in [1.29, 1.82) is 0 Å². The molecule has 4 rings (SSSR count). The van der Waals surface area contributed by atoms with E-state index >= 15 is 0 Å². The quantitative estimate of drug-likeness (QED) is 0.557. The number of pyridine rings is 1. The highest BCUT2D eigenvalue weighted by Crippen LogP contribution is 2.15. The summed E-state index contributed by atoms with van der Waals surface area (Å²) in [5.74, 6) is 1.20. The first-order chi connectivity index (χ1) is 13.2. The third-order valence-electron chi connectivity index (χ3n) is 3.96. The molecule has 0 radical (unpaired) electrons. The molecule has 136 valence electrons. The Morgan fingerprint density at radius 1 is 1.19 bits per heavy atom. The van der Waals surface area contributed by atoms with Gasteiger partial charge < -0.3 is 10.1 Å². The summed E-state index contributed by atoms with van der Waals surface area (Å²) in [6.07, 6.45) is 1.87. The summed E-state index contributed by atoms with van der Waals surface area (Å²) in [5, 5.41) is 14.0. The van der Waals surface area contributed by atoms with Crippen LogP contribution in [0.3, 0.4) is 0 Å². The maximum atomic E-state index is 12.4. The van der Waals surface area contributed by atoms with Gasteiger partial charge in [-0.2, -0.15) is 0 Å². The van der Waals surface area contributed by atoms with Gasteiger partial charge in [0.2, 0.25) is 0 Å². The molecule has 4 aromatic rings. The van der Waals surface area contributed by atoms with Crippen molar-refractivity contribution in [3.8, 4) is 5.75 Å². The Bertz CT molecular complexity index is 1070. The number of hydrogen-bond donors (Lipinski definition) is 1. The lowest BCUT2D eigenvalue weighted by Crippen LogP contribution is -2.23. The van der Waals surface area contributed by atoms with E-state index in [2.05, 4.69) is 20.5 Å². The number of aromatic nitrogens is 4. The molecule has 7 nitrogen and oxygen atoms in total. The molecular weight excluding hydrogens is 362 g/mol. The Morgan fingerprint density at radius 3 is 2.81 bits per heavy atom. The fraction of sp³-hybridized carbons (Fsp3) is 0.158. The van der Waals surface area contributed by atoms with E-state index in [1.165, 1.54) is 0 Å². The molecule has 0 spiro atoms. The molecule has 27 heavy (non-hydrogen) atoms. The minimum absolute atomic E-state index is 0.177. The second-order valence-corrected chi connectivity index (χ2v) is 6.96. The number of thiazole rings is 1. The Hall–Kier alpha value is -3.26. The molecule has 1 N–H and O–H groups in total. The number of amides is 1. The van der Waals surface area contributed by atoms with Crippen LogP contribution in [0, 0.1) is 6.92 Å². The average molecular weight is 379 g/mol. The molecule has 0 aliphatic carbocycles. The van der Waals surface area contributed by atoms with Gasteiger partial charge in [-0.15, -0.1) is 21.5 Å². The van der Waals surface area contributed by atoms with E-state index in [4.69, 9.17) is 4.74 Å². The number of nitrogens with zero attached hydrogens (tertiary/aromatic N) is 4. The Balaban J connectivity index is 1.34. The standard InChI is InChI=1S/C19H17N5O2S/c1-13-21-15(12-27-13)11-26-16-7-5-14(6-8-16)19(25)20-10-18-23-22-17-4-2-3-9-24(17)18/h2-9,12H,10-11H2,1H3,(H,20,25). The summed E-state index contributed by atoms with van der Waals surface area (Å²) >= 11 is 1.60. The van der Waals surface area contributed by atoms with Crippen molar-refractivity contribution in [2.24, 2.45) is 0 Å². The number of aryl methyl sites for hydroxylation is 1. The number of fused-ring (bicyclic) bond motifs is 1. The summed E-state index contributed by atoms with van der Waals surface area (Å²) in [7, 11) is 0. The lowest BCUT2D eigenvalue weighted by atomic mass is 10.2. The summed E-state index contributed by atoms with van der Waals surface area (Å²) in [6.45, 7) is 2.67. The van der Waals surface area contributed by atoms with E-state index < -0.39 is 0 Å². The molecule has 1 amide bonds. The molecule has 0 saturated heterocycles. The molecule has 0 saturated carbocycles. The maximum Gasteiger partial charge on any atom is 0.251 e. The first-order valence-electron chi connectivity index (χ1n) is 8.40. The van der Waals surface area contributed by atoms with Crippen molar-refractivity contribution < 1.29 is 9.53 Å². The summed E-state index contributed by atoms with van der Waals surface area (Å²) in [6, 6.07) is 12.7. The Kier molecular flexibility index (Phi) is 4.80. The minimum atomic E-state index is -0.177. The van der Waals surface area contributed by atoms with Crippen LogP contribution >= 0.6 is 11.3 Å². The molecule has 8 heteroatoms. The zero-order valence-electron chi connectivity index (χ0n) is 14.6. The van der Waals surface area contributed by atoms with Gasteiger partial charge in [0.05, 0.1) is 17.2 Å². The van der Waals surface area contributed by atoms with E-state index in [1.807, 2.05) is 41.1 Å². The first kappa shape index (κ1) is 17.2. The third-order valence-corrected chi connectivity index (χ3v) is 4.78. The fourth-order valence-corrected chi connectivity index (χ4v) is 3.20. The van der Waals surface area contributed by atoms with E-state index in [0.717, 1.165) is 16.3 Å². The molecule has 0 unspecified atom stereocenters. The van der Waals surface area contributed by atoms with Crippen LogP contribution in [0.25, 0.3) is 5.65 Å². The largest absolute Gasteiger partial charge is 0.487 e. The number of benzene rings is 1. The predicted molar refractivity (Wildman–Crippen MR) is 102 cm³/mol. The van der Waals surface area contributed by atoms with Gasteiger partial charge in [-0.1, -0.05) is 6.07 Å². The van der Waals surface area contributed by atoms with Crippen molar-refractivity contribution >= 4 is 22.9 Å². The van der Waals surface area contributed by atoms with E-state index in [-0.39, 0.29) is 5.91 Å². The Labute approximate surface area is 159 Å². The highest BCUT2D eigenvalue weighted by atomic mass is 32.1. The van der Waals surface area contributed by atoms with Gasteiger partial charge in [0, 0.05) is 17.1 Å². The van der Waals surface area contributed by atoms with Crippen molar-refractivity contribution in [1.82, 2.24) is 24.9 Å². The average Bonchev–Trinajstić information content (AvgIpc) is 3.31. The summed E-state index contributed by atoms with van der Waals surface area (Å²) < 4.78 is 7.54. The maximum absolute atomic E-state index is 12.4. The van der Waals surface area contributed by atoms with Crippen molar-refractivity contribution in [2.45, 2.75) is 20.1 Å². The van der Waals surface area contributed by atoms with Gasteiger partial charge in [0.15, 0.2) is 11.5 Å². The van der Waals surface area contributed by atoms with Crippen molar-refractivity contribution in [3.05, 3.63) is 76.1 Å². The molecule has 3 heterocycles. The van der Waals surface area contributed by atoms with Gasteiger partial charge in [-0.3, -0.25) is 9.20 Å². The van der Waals surface area contributed by atoms with Crippen LogP contribution in [0.15, 0.2) is 54.0 Å². The van der Waals surface area contributed by atoms with Crippen LogP contribution < -0.4 is 10.1 Å². The van der Waals surface area contributed by atoms with E-state index in [0.29, 0.717) is 30.3 Å². The van der Waals surface area contributed by atoms with Gasteiger partial charge in [-0.05, 0) is 43.3 Å². The summed E-state index contributed by atoms with van der Waals surface area (Å²) in [4.78, 5) is 16.7. The molecule has 0 aliphatic heterocycles. The number of ether oxygens (including phenoxy) is 1. The van der Waals surface area contributed by atoms with Gasteiger partial charge in [-0.25, -0.2) is 4.98 Å². The van der Waals surface area contributed by atoms with Crippen LogP contribution in [0.1, 0.15) is 26.9 Å². The van der Waals surface area contributed by atoms with Crippen LogP contribution in [-0.4, -0.2) is 25.5 Å². The number of rotatable bonds is 6. The lowest BCUT2D eigenvalue weighted by molar-refractivity contribution is 0.0949. The highest BCUT2D eigenvalue weighted by Gasteiger charge is 2.09. The SMILES string of the molecule is Cc1nc(COc2ccc(C(=O)NCc3nnc4ccccn34)cc2)cs1. The number of nitrogens with one attached hydrogen (secondary N) is 1. The molecule has 3 aromatic heterocycles. The van der Waals surface area contributed by atoms with Crippen LogP contribution in [-0.2, 0) is 13.2 Å². The second-order valence-electron chi connectivity index (χ2n) is 5.90.